The number of fused-ring (bicyclic) bond motifs is 1. The van der Waals surface area contributed by atoms with E-state index < -0.39 is 0 Å². The average Bonchev–Trinajstić information content (AvgIpc) is 2.46. The maximum absolute atomic E-state index is 12.6. The number of hydrogen-bond donors (Lipinski definition) is 2. The second kappa shape index (κ2) is 6.06. The molecule has 1 aromatic carbocycles. The van der Waals surface area contributed by atoms with E-state index in [4.69, 9.17) is 4.74 Å². The van der Waals surface area contributed by atoms with Crippen LogP contribution in [0.15, 0.2) is 24.3 Å². The van der Waals surface area contributed by atoms with Crippen molar-refractivity contribution in [3.05, 3.63) is 29.8 Å². The monoisotopic (exact) mass is 288 g/mol. The summed E-state index contributed by atoms with van der Waals surface area (Å²) in [6.07, 6.45) is 2.89. The lowest BCUT2D eigenvalue weighted by Gasteiger charge is -2.34. The van der Waals surface area contributed by atoms with Crippen molar-refractivity contribution in [2.24, 2.45) is 5.92 Å². The van der Waals surface area contributed by atoms with Crippen LogP contribution in [0.4, 0.5) is 5.69 Å². The lowest BCUT2D eigenvalue weighted by molar-refractivity contribution is -0.127. The molecule has 3 rings (SSSR count). The summed E-state index contributed by atoms with van der Waals surface area (Å²) in [4.78, 5) is 12.6. The third-order valence-electron chi connectivity index (χ3n) is 4.61. The first-order valence-electron chi connectivity index (χ1n) is 7.90. The summed E-state index contributed by atoms with van der Waals surface area (Å²) in [7, 11) is 0. The van der Waals surface area contributed by atoms with Crippen LogP contribution in [-0.2, 0) is 16.0 Å². The van der Waals surface area contributed by atoms with Crippen LogP contribution < -0.4 is 10.6 Å². The summed E-state index contributed by atoms with van der Waals surface area (Å²) in [5.74, 6) is 0.168. The van der Waals surface area contributed by atoms with E-state index in [9.17, 15) is 4.79 Å². The lowest BCUT2D eigenvalue weighted by Crippen LogP contribution is -2.48. The number of carbonyl (C=O) groups is 1. The summed E-state index contributed by atoms with van der Waals surface area (Å²) in [6, 6.07) is 8.67. The van der Waals surface area contributed by atoms with E-state index in [1.807, 2.05) is 12.1 Å². The Morgan fingerprint density at radius 2 is 2.14 bits per heavy atom. The normalized spacial score (nSPS) is 31.9. The largest absolute Gasteiger partial charge is 0.382 e. The fourth-order valence-corrected chi connectivity index (χ4v) is 3.36. The van der Waals surface area contributed by atoms with Gasteiger partial charge in [0.2, 0.25) is 5.91 Å². The molecule has 21 heavy (non-hydrogen) atoms. The second-order valence-corrected chi connectivity index (χ2v) is 6.31. The van der Waals surface area contributed by atoms with E-state index in [1.54, 1.807) is 0 Å². The number of para-hydroxylation sites is 1. The van der Waals surface area contributed by atoms with Crippen LogP contribution in [-0.4, -0.2) is 30.7 Å². The van der Waals surface area contributed by atoms with Crippen molar-refractivity contribution >= 4 is 11.6 Å². The summed E-state index contributed by atoms with van der Waals surface area (Å²) in [5, 5.41) is 6.67. The summed E-state index contributed by atoms with van der Waals surface area (Å²) >= 11 is 0. The highest BCUT2D eigenvalue weighted by Gasteiger charge is 2.32. The van der Waals surface area contributed by atoms with Crippen molar-refractivity contribution in [1.82, 2.24) is 5.32 Å². The third kappa shape index (κ3) is 3.21. The quantitative estimate of drug-likeness (QED) is 0.878. The van der Waals surface area contributed by atoms with E-state index in [0.717, 1.165) is 31.6 Å². The van der Waals surface area contributed by atoms with E-state index in [-0.39, 0.29) is 30.0 Å². The van der Waals surface area contributed by atoms with Crippen LogP contribution >= 0.6 is 0 Å². The minimum Gasteiger partial charge on any atom is -0.382 e. The number of carbonyl (C=O) groups excluding carboxylic acids is 1. The van der Waals surface area contributed by atoms with Gasteiger partial charge in [-0.05, 0) is 44.7 Å². The molecule has 2 N–H and O–H groups in total. The number of benzene rings is 1. The Morgan fingerprint density at radius 1 is 1.33 bits per heavy atom. The lowest BCUT2D eigenvalue weighted by atomic mass is 9.87. The van der Waals surface area contributed by atoms with Gasteiger partial charge in [-0.2, -0.15) is 0 Å². The van der Waals surface area contributed by atoms with Crippen molar-refractivity contribution in [2.45, 2.75) is 51.3 Å². The Kier molecular flexibility index (Phi) is 4.15. The van der Waals surface area contributed by atoms with Gasteiger partial charge in [-0.15, -0.1) is 0 Å². The fraction of sp³-hybridized carbons (Fsp3) is 0.588. The summed E-state index contributed by atoms with van der Waals surface area (Å²) in [5.41, 5.74) is 2.39. The molecule has 114 valence electrons. The molecule has 0 saturated carbocycles. The van der Waals surface area contributed by atoms with Crippen molar-refractivity contribution in [2.75, 3.05) is 11.9 Å². The SMILES string of the molecule is CC1CC(NC(=O)C2Cc3ccccc3NC2C)CCO1. The number of rotatable bonds is 2. The first-order chi connectivity index (χ1) is 10.1. The molecule has 2 aliphatic rings. The van der Waals surface area contributed by atoms with Crippen molar-refractivity contribution in [3.8, 4) is 0 Å². The highest BCUT2D eigenvalue weighted by atomic mass is 16.5. The highest BCUT2D eigenvalue weighted by molar-refractivity contribution is 5.81. The molecular weight excluding hydrogens is 264 g/mol. The maximum Gasteiger partial charge on any atom is 0.225 e. The number of anilines is 1. The molecule has 0 bridgehead atoms. The zero-order valence-electron chi connectivity index (χ0n) is 12.8. The molecule has 1 fully saturated rings. The molecule has 2 aliphatic heterocycles. The van der Waals surface area contributed by atoms with Crippen LogP contribution in [0.25, 0.3) is 0 Å². The Bertz CT molecular complexity index is 517. The Balaban J connectivity index is 1.65. The second-order valence-electron chi connectivity index (χ2n) is 6.31. The predicted octanol–water partition coefficient (Wildman–Crippen LogP) is 2.34. The van der Waals surface area contributed by atoms with E-state index in [1.165, 1.54) is 5.56 Å². The molecule has 0 radical (unpaired) electrons. The van der Waals surface area contributed by atoms with Gasteiger partial charge in [0.05, 0.1) is 12.0 Å². The smallest absolute Gasteiger partial charge is 0.225 e. The topological polar surface area (TPSA) is 50.4 Å². The average molecular weight is 288 g/mol. The van der Waals surface area contributed by atoms with Gasteiger partial charge < -0.3 is 15.4 Å². The Hall–Kier alpha value is -1.55. The zero-order valence-corrected chi connectivity index (χ0v) is 12.8. The number of nitrogens with one attached hydrogen (secondary N) is 2. The van der Waals surface area contributed by atoms with Crippen LogP contribution in [0.1, 0.15) is 32.3 Å². The van der Waals surface area contributed by atoms with E-state index >= 15 is 0 Å². The number of hydrogen-bond acceptors (Lipinski definition) is 3. The van der Waals surface area contributed by atoms with Gasteiger partial charge in [0.1, 0.15) is 0 Å². The van der Waals surface area contributed by atoms with E-state index in [0.29, 0.717) is 0 Å². The highest BCUT2D eigenvalue weighted by Crippen LogP contribution is 2.28. The molecule has 1 aromatic rings. The fourth-order valence-electron chi connectivity index (χ4n) is 3.36. The standard InChI is InChI=1S/C17H24N2O2/c1-11-9-14(7-8-21-11)19-17(20)15-10-13-5-3-4-6-16(13)18-12(15)2/h3-6,11-12,14-15,18H,7-10H2,1-2H3,(H,19,20). The Labute approximate surface area is 126 Å². The van der Waals surface area contributed by atoms with Gasteiger partial charge in [0, 0.05) is 24.4 Å². The molecule has 4 nitrogen and oxygen atoms in total. The van der Waals surface area contributed by atoms with Crippen molar-refractivity contribution < 1.29 is 9.53 Å². The molecule has 4 atom stereocenters. The molecule has 2 heterocycles. The van der Waals surface area contributed by atoms with Gasteiger partial charge in [0.25, 0.3) is 0 Å². The van der Waals surface area contributed by atoms with Crippen molar-refractivity contribution in [1.29, 1.82) is 0 Å². The molecule has 0 aliphatic carbocycles. The van der Waals surface area contributed by atoms with Gasteiger partial charge in [-0.3, -0.25) is 4.79 Å². The molecule has 4 unspecified atom stereocenters. The number of amides is 1. The molecular formula is C17H24N2O2. The Morgan fingerprint density at radius 3 is 2.95 bits per heavy atom. The van der Waals surface area contributed by atoms with Gasteiger partial charge in [-0.1, -0.05) is 18.2 Å². The van der Waals surface area contributed by atoms with Crippen LogP contribution in [0.5, 0.6) is 0 Å². The number of ether oxygens (including phenoxy) is 1. The first-order valence-corrected chi connectivity index (χ1v) is 7.90. The molecule has 0 spiro atoms. The zero-order chi connectivity index (χ0) is 14.8. The van der Waals surface area contributed by atoms with Crippen LogP contribution in [0.3, 0.4) is 0 Å². The maximum atomic E-state index is 12.6. The molecule has 1 saturated heterocycles. The minimum atomic E-state index is -0.00180. The van der Waals surface area contributed by atoms with Crippen LogP contribution in [0.2, 0.25) is 0 Å². The summed E-state index contributed by atoms with van der Waals surface area (Å²) in [6.45, 7) is 4.90. The third-order valence-corrected chi connectivity index (χ3v) is 4.61. The van der Waals surface area contributed by atoms with Crippen LogP contribution in [0, 0.1) is 5.92 Å². The minimum absolute atomic E-state index is 0.00180. The van der Waals surface area contributed by atoms with Gasteiger partial charge >= 0.3 is 0 Å². The van der Waals surface area contributed by atoms with E-state index in [2.05, 4.69) is 36.6 Å². The van der Waals surface area contributed by atoms with Gasteiger partial charge in [-0.25, -0.2) is 0 Å². The van der Waals surface area contributed by atoms with Crippen molar-refractivity contribution in [3.63, 3.8) is 0 Å². The van der Waals surface area contributed by atoms with Gasteiger partial charge in [0.15, 0.2) is 0 Å². The molecule has 1 amide bonds. The molecule has 0 aromatic heterocycles. The molecule has 4 heteroatoms. The predicted molar refractivity (Wildman–Crippen MR) is 83.3 cm³/mol. The summed E-state index contributed by atoms with van der Waals surface area (Å²) < 4.78 is 5.54. The first kappa shape index (κ1) is 14.4.